The number of fused-ring (bicyclic) bond motifs is 1. The molecule has 0 bridgehead atoms. The average Bonchev–Trinajstić information content (AvgIpc) is 3.15. The minimum Gasteiger partial charge on any atom is -0.361 e. The third-order valence-electron chi connectivity index (χ3n) is 4.31. The van der Waals surface area contributed by atoms with Gasteiger partial charge in [0.05, 0.1) is 9.08 Å². The topological polar surface area (TPSA) is 49.8 Å². The van der Waals surface area contributed by atoms with Gasteiger partial charge in [-0.25, -0.2) is 0 Å². The number of H-pyrrole nitrogens is 1. The molecule has 0 saturated carbocycles. The molecule has 0 aliphatic heterocycles. The van der Waals surface area contributed by atoms with Crippen LogP contribution in [0.3, 0.4) is 0 Å². The van der Waals surface area contributed by atoms with Crippen molar-refractivity contribution in [1.29, 1.82) is 0 Å². The SMILES string of the molecule is CCCCn1c(C(=O)NCCc2c[nH]c3ccccc23)cc(Br)c1Br. The number of unbranched alkanes of at least 4 members (excludes halogenated alkanes) is 1. The van der Waals surface area contributed by atoms with Gasteiger partial charge in [-0.05, 0) is 62.4 Å². The first-order valence-corrected chi connectivity index (χ1v) is 10.1. The molecule has 2 aromatic heterocycles. The number of aromatic amines is 1. The van der Waals surface area contributed by atoms with Gasteiger partial charge < -0.3 is 14.9 Å². The van der Waals surface area contributed by atoms with Crippen LogP contribution in [0.2, 0.25) is 0 Å². The molecule has 6 heteroatoms. The van der Waals surface area contributed by atoms with Gasteiger partial charge in [0.15, 0.2) is 0 Å². The van der Waals surface area contributed by atoms with Gasteiger partial charge in [0.1, 0.15) is 5.69 Å². The molecule has 2 N–H and O–H groups in total. The van der Waals surface area contributed by atoms with E-state index in [4.69, 9.17) is 0 Å². The molecule has 25 heavy (non-hydrogen) atoms. The monoisotopic (exact) mass is 465 g/mol. The molecule has 132 valence electrons. The van der Waals surface area contributed by atoms with Crippen LogP contribution in [0.15, 0.2) is 45.6 Å². The summed E-state index contributed by atoms with van der Waals surface area (Å²) in [6, 6.07) is 10.1. The highest BCUT2D eigenvalue weighted by Crippen LogP contribution is 2.28. The fourth-order valence-corrected chi connectivity index (χ4v) is 3.87. The highest BCUT2D eigenvalue weighted by Gasteiger charge is 2.17. The second-order valence-electron chi connectivity index (χ2n) is 6.04. The molecule has 3 rings (SSSR count). The van der Waals surface area contributed by atoms with Crippen LogP contribution < -0.4 is 5.32 Å². The maximum absolute atomic E-state index is 12.6. The fourth-order valence-electron chi connectivity index (χ4n) is 2.95. The van der Waals surface area contributed by atoms with Crippen molar-refractivity contribution in [2.45, 2.75) is 32.7 Å². The van der Waals surface area contributed by atoms with Crippen molar-refractivity contribution >= 4 is 48.7 Å². The number of rotatable bonds is 7. The zero-order valence-corrected chi connectivity index (χ0v) is 17.3. The Morgan fingerprint density at radius 3 is 2.88 bits per heavy atom. The lowest BCUT2D eigenvalue weighted by molar-refractivity contribution is 0.0944. The van der Waals surface area contributed by atoms with Crippen LogP contribution in [0.25, 0.3) is 10.9 Å². The summed E-state index contributed by atoms with van der Waals surface area (Å²) in [6.45, 7) is 3.58. The normalized spacial score (nSPS) is 11.2. The van der Waals surface area contributed by atoms with Gasteiger partial charge in [0.25, 0.3) is 5.91 Å². The molecule has 2 heterocycles. The number of amides is 1. The molecule has 0 saturated heterocycles. The minimum absolute atomic E-state index is 0.0395. The largest absolute Gasteiger partial charge is 0.361 e. The van der Waals surface area contributed by atoms with Crippen LogP contribution in [0.1, 0.15) is 35.8 Å². The van der Waals surface area contributed by atoms with E-state index in [-0.39, 0.29) is 5.91 Å². The van der Waals surface area contributed by atoms with Crippen molar-refractivity contribution < 1.29 is 4.79 Å². The number of hydrogen-bond donors (Lipinski definition) is 2. The summed E-state index contributed by atoms with van der Waals surface area (Å²) in [5, 5.41) is 4.26. The van der Waals surface area contributed by atoms with Crippen molar-refractivity contribution in [1.82, 2.24) is 14.9 Å². The molecule has 0 radical (unpaired) electrons. The zero-order valence-electron chi connectivity index (χ0n) is 14.1. The smallest absolute Gasteiger partial charge is 0.267 e. The molecule has 4 nitrogen and oxygen atoms in total. The molecular weight excluding hydrogens is 446 g/mol. The van der Waals surface area contributed by atoms with E-state index in [2.05, 4.69) is 61.2 Å². The Hall–Kier alpha value is -1.53. The molecule has 0 fully saturated rings. The number of halogens is 2. The van der Waals surface area contributed by atoms with Crippen molar-refractivity contribution in [3.8, 4) is 0 Å². The summed E-state index contributed by atoms with van der Waals surface area (Å²) >= 11 is 7.06. The van der Waals surface area contributed by atoms with Crippen molar-refractivity contribution in [2.75, 3.05) is 6.54 Å². The number of nitrogens with zero attached hydrogens (tertiary/aromatic N) is 1. The second-order valence-corrected chi connectivity index (χ2v) is 7.64. The summed E-state index contributed by atoms with van der Waals surface area (Å²) in [5.74, 6) is -0.0395. The number of benzene rings is 1. The molecule has 0 unspecified atom stereocenters. The second kappa shape index (κ2) is 8.23. The lowest BCUT2D eigenvalue weighted by atomic mass is 10.1. The van der Waals surface area contributed by atoms with Crippen molar-refractivity contribution in [3.63, 3.8) is 0 Å². The molecular formula is C19H21Br2N3O. The van der Waals surface area contributed by atoms with Crippen LogP contribution in [0, 0.1) is 0 Å². The van der Waals surface area contributed by atoms with Crippen molar-refractivity contribution in [3.05, 3.63) is 56.9 Å². The zero-order chi connectivity index (χ0) is 17.8. The molecule has 0 aliphatic rings. The fraction of sp³-hybridized carbons (Fsp3) is 0.316. The molecule has 0 aliphatic carbocycles. The van der Waals surface area contributed by atoms with Gasteiger partial charge in [-0.2, -0.15) is 0 Å². The first kappa shape index (κ1) is 18.3. The van der Waals surface area contributed by atoms with Gasteiger partial charge >= 0.3 is 0 Å². The molecule has 1 aromatic carbocycles. The number of carbonyl (C=O) groups excluding carboxylic acids is 1. The Labute approximate surface area is 164 Å². The van der Waals surface area contributed by atoms with E-state index in [1.807, 2.05) is 29.0 Å². The number of carbonyl (C=O) groups is 1. The van der Waals surface area contributed by atoms with Gasteiger partial charge in [-0.15, -0.1) is 0 Å². The number of hydrogen-bond acceptors (Lipinski definition) is 1. The van der Waals surface area contributed by atoms with E-state index in [0.29, 0.717) is 12.2 Å². The number of nitrogens with one attached hydrogen (secondary N) is 2. The Bertz CT molecular complexity index is 882. The average molecular weight is 467 g/mol. The van der Waals surface area contributed by atoms with E-state index in [1.165, 1.54) is 10.9 Å². The van der Waals surface area contributed by atoms with E-state index < -0.39 is 0 Å². The summed E-state index contributed by atoms with van der Waals surface area (Å²) in [6.07, 6.45) is 4.95. The standard InChI is InChI=1S/C19H21Br2N3O/c1-2-3-10-24-17(11-15(20)18(24)21)19(25)22-9-8-13-12-23-16-7-5-4-6-14(13)16/h4-7,11-12,23H,2-3,8-10H2,1H3,(H,22,25). The predicted molar refractivity (Wildman–Crippen MR) is 109 cm³/mol. The molecule has 1 amide bonds. The van der Waals surface area contributed by atoms with Crippen LogP contribution in [-0.2, 0) is 13.0 Å². The lowest BCUT2D eigenvalue weighted by Crippen LogP contribution is -2.28. The van der Waals surface area contributed by atoms with E-state index in [9.17, 15) is 4.79 Å². The van der Waals surface area contributed by atoms with Crippen LogP contribution >= 0.6 is 31.9 Å². The molecule has 0 atom stereocenters. The van der Waals surface area contributed by atoms with E-state index >= 15 is 0 Å². The highest BCUT2D eigenvalue weighted by atomic mass is 79.9. The van der Waals surface area contributed by atoms with Gasteiger partial charge in [0, 0.05) is 30.2 Å². The quantitative estimate of drug-likeness (QED) is 0.489. The maximum atomic E-state index is 12.6. The van der Waals surface area contributed by atoms with Crippen LogP contribution in [0.5, 0.6) is 0 Å². The van der Waals surface area contributed by atoms with Crippen LogP contribution in [0.4, 0.5) is 0 Å². The Morgan fingerprint density at radius 1 is 1.28 bits per heavy atom. The minimum atomic E-state index is -0.0395. The van der Waals surface area contributed by atoms with Crippen molar-refractivity contribution in [2.24, 2.45) is 0 Å². The van der Waals surface area contributed by atoms with Gasteiger partial charge in [-0.1, -0.05) is 31.5 Å². The molecule has 3 aromatic rings. The first-order chi connectivity index (χ1) is 12.1. The highest BCUT2D eigenvalue weighted by molar-refractivity contribution is 9.13. The maximum Gasteiger partial charge on any atom is 0.267 e. The van der Waals surface area contributed by atoms with Gasteiger partial charge in [0.2, 0.25) is 0 Å². The summed E-state index contributed by atoms with van der Waals surface area (Å²) in [4.78, 5) is 15.9. The van der Waals surface area contributed by atoms with E-state index in [1.54, 1.807) is 0 Å². The Kier molecular flexibility index (Phi) is 6.02. The Balaban J connectivity index is 1.66. The summed E-state index contributed by atoms with van der Waals surface area (Å²) < 4.78 is 3.85. The molecule has 0 spiro atoms. The summed E-state index contributed by atoms with van der Waals surface area (Å²) in [7, 11) is 0. The lowest BCUT2D eigenvalue weighted by Gasteiger charge is -2.10. The Morgan fingerprint density at radius 2 is 2.08 bits per heavy atom. The summed E-state index contributed by atoms with van der Waals surface area (Å²) in [5.41, 5.74) is 3.04. The number of para-hydroxylation sites is 1. The van der Waals surface area contributed by atoms with Gasteiger partial charge in [-0.3, -0.25) is 4.79 Å². The third kappa shape index (κ3) is 4.01. The first-order valence-electron chi connectivity index (χ1n) is 8.49. The van der Waals surface area contributed by atoms with E-state index in [0.717, 1.165) is 40.4 Å². The third-order valence-corrected chi connectivity index (χ3v) is 6.30. The number of aromatic nitrogens is 2. The van der Waals surface area contributed by atoms with Crippen LogP contribution in [-0.4, -0.2) is 22.0 Å². The predicted octanol–water partition coefficient (Wildman–Crippen LogP) is 5.27.